The molecular weight excluding hydrogens is 1020 g/mol. The highest BCUT2D eigenvalue weighted by atomic mass is 16.3. The predicted octanol–water partition coefficient (Wildman–Crippen LogP) is 20.3. The highest BCUT2D eigenvalue weighted by Crippen LogP contribution is 2.17. The molecule has 0 spiro atoms. The van der Waals surface area contributed by atoms with Gasteiger partial charge in [0, 0.05) is 52.1 Å². The lowest BCUT2D eigenvalue weighted by Gasteiger charge is -2.27. The quantitative estimate of drug-likeness (QED) is 0.0385. The average Bonchev–Trinajstić information content (AvgIpc) is 3.48. The van der Waals surface area contributed by atoms with Crippen LogP contribution < -0.4 is 16.0 Å². The third-order valence-corrected chi connectivity index (χ3v) is 17.4. The predicted molar refractivity (Wildman–Crippen MR) is 367 cm³/mol. The highest BCUT2D eigenvalue weighted by Gasteiger charge is 2.14. The van der Waals surface area contributed by atoms with Crippen LogP contribution in [0, 0.1) is 0 Å². The maximum absolute atomic E-state index is 12.5. The molecule has 0 heterocycles. The fourth-order valence-electron chi connectivity index (χ4n) is 11.7. The first-order chi connectivity index (χ1) is 40.8. The van der Waals surface area contributed by atoms with Crippen LogP contribution in [0.2, 0.25) is 0 Å². The van der Waals surface area contributed by atoms with Crippen molar-refractivity contribution in [2.45, 2.75) is 400 Å². The lowest BCUT2D eigenvalue weighted by atomic mass is 10.1. The Morgan fingerprint density at radius 2 is 0.530 bits per heavy atom. The molecule has 2 amide bonds. The Morgan fingerprint density at radius 1 is 0.289 bits per heavy atom. The first-order valence-corrected chi connectivity index (χ1v) is 37.8. The fraction of sp³-hybridized carbons (Fsp3) is 0.973. The molecule has 0 aromatic carbocycles. The normalized spacial score (nSPS) is 12.3. The van der Waals surface area contributed by atoms with Gasteiger partial charge in [0.05, 0.1) is 12.2 Å². The highest BCUT2D eigenvalue weighted by molar-refractivity contribution is 5.76. The monoisotopic (exact) mass is 1180 g/mol. The number of rotatable bonds is 69. The third kappa shape index (κ3) is 71.4. The summed E-state index contributed by atoms with van der Waals surface area (Å²) in [4.78, 5) is 28.7. The Labute approximate surface area is 520 Å². The summed E-state index contributed by atoms with van der Waals surface area (Å²) in [7, 11) is 0. The first-order valence-electron chi connectivity index (χ1n) is 37.8. The minimum absolute atomic E-state index is 0.118. The van der Waals surface area contributed by atoms with Gasteiger partial charge in [-0.25, -0.2) is 0 Å². The van der Waals surface area contributed by atoms with Gasteiger partial charge in [0.15, 0.2) is 0 Å². The van der Waals surface area contributed by atoms with E-state index < -0.39 is 6.10 Å². The van der Waals surface area contributed by atoms with E-state index in [1.54, 1.807) is 0 Å². The molecule has 0 aromatic rings. The lowest BCUT2D eigenvalue weighted by Crippen LogP contribution is -2.40. The molecule has 498 valence electrons. The molecule has 9 nitrogen and oxygen atoms in total. The molecule has 83 heavy (non-hydrogen) atoms. The Kier molecular flexibility index (Phi) is 73.9. The van der Waals surface area contributed by atoms with Crippen LogP contribution >= 0.6 is 0 Å². The van der Waals surface area contributed by atoms with E-state index in [1.165, 1.54) is 295 Å². The van der Waals surface area contributed by atoms with Crippen molar-refractivity contribution in [3.8, 4) is 0 Å². The standard InChI is InChI=1S/C56H116N4O3.C18H37NO/c1-5-9-12-15-18-21-24-27-30-33-36-39-45-58-56(63)44-46-57-51-55(62)53-60(48-41-38-35-32-29-26-23-20-17-14-11-7-3)50-43-42-49-59(52-54(61)8-4)47-40-37-34-31-28-25-22-19-16-13-10-6-2;1-3-5-6-7-8-9-10-11-12-13-14-15-17-19-18(20)16-4-2/h54-55,57,61-62H,5-53H2,1-4H3,(H,58,63);3-17H2,1-2H3,(H,19,20). The number of nitrogens with one attached hydrogen (secondary N) is 3. The molecule has 0 fully saturated rings. The van der Waals surface area contributed by atoms with Crippen molar-refractivity contribution in [2.24, 2.45) is 0 Å². The number of carbonyl (C=O) groups is 2. The summed E-state index contributed by atoms with van der Waals surface area (Å²) in [6, 6.07) is 0. The van der Waals surface area contributed by atoms with Crippen molar-refractivity contribution in [1.29, 1.82) is 0 Å². The summed E-state index contributed by atoms with van der Waals surface area (Å²) in [6.07, 6.45) is 69.6. The number of unbranched alkanes of at least 4 members (excludes halogenated alkanes) is 45. The summed E-state index contributed by atoms with van der Waals surface area (Å²) in [6.45, 7) is 21.8. The minimum atomic E-state index is -0.437. The molecule has 0 aliphatic carbocycles. The molecular formula is C74H153N5O4. The molecule has 0 radical (unpaired) electrons. The van der Waals surface area contributed by atoms with Crippen LogP contribution in [0.15, 0.2) is 0 Å². The van der Waals surface area contributed by atoms with E-state index in [0.29, 0.717) is 32.5 Å². The van der Waals surface area contributed by atoms with E-state index in [-0.39, 0.29) is 17.9 Å². The average molecular weight is 1180 g/mol. The lowest BCUT2D eigenvalue weighted by molar-refractivity contribution is -0.121. The Balaban J connectivity index is 0. The molecule has 5 N–H and O–H groups in total. The second-order valence-electron chi connectivity index (χ2n) is 26.0. The summed E-state index contributed by atoms with van der Waals surface area (Å²) >= 11 is 0. The van der Waals surface area contributed by atoms with E-state index >= 15 is 0 Å². The van der Waals surface area contributed by atoms with Crippen LogP contribution in [-0.2, 0) is 9.59 Å². The second-order valence-corrected chi connectivity index (χ2v) is 26.0. The topological polar surface area (TPSA) is 117 Å². The fourth-order valence-corrected chi connectivity index (χ4v) is 11.7. The number of carbonyl (C=O) groups excluding carboxylic acids is 2. The maximum Gasteiger partial charge on any atom is 0.221 e. The summed E-state index contributed by atoms with van der Waals surface area (Å²) in [5.41, 5.74) is 0. The Morgan fingerprint density at radius 3 is 0.807 bits per heavy atom. The first kappa shape index (κ1) is 83.8. The summed E-state index contributed by atoms with van der Waals surface area (Å²) in [5.74, 6) is 0.337. The number of aliphatic hydroxyl groups excluding tert-OH is 2. The minimum Gasteiger partial charge on any atom is -0.392 e. The van der Waals surface area contributed by atoms with Gasteiger partial charge >= 0.3 is 0 Å². The van der Waals surface area contributed by atoms with Gasteiger partial charge in [0.2, 0.25) is 11.8 Å². The molecule has 0 bridgehead atoms. The molecule has 0 rings (SSSR count). The van der Waals surface area contributed by atoms with Gasteiger partial charge in [-0.05, 0) is 77.5 Å². The zero-order valence-corrected chi connectivity index (χ0v) is 57.5. The molecule has 0 aliphatic rings. The van der Waals surface area contributed by atoms with Gasteiger partial charge < -0.3 is 36.0 Å². The molecule has 2 unspecified atom stereocenters. The molecule has 0 saturated carbocycles. The van der Waals surface area contributed by atoms with E-state index in [2.05, 4.69) is 60.4 Å². The molecule has 0 saturated heterocycles. The van der Waals surface area contributed by atoms with Gasteiger partial charge in [0.25, 0.3) is 0 Å². The van der Waals surface area contributed by atoms with Crippen molar-refractivity contribution < 1.29 is 19.8 Å². The van der Waals surface area contributed by atoms with E-state index in [9.17, 15) is 19.8 Å². The molecule has 0 aliphatic heterocycles. The van der Waals surface area contributed by atoms with Crippen molar-refractivity contribution in [3.05, 3.63) is 0 Å². The summed E-state index contributed by atoms with van der Waals surface area (Å²) in [5, 5.41) is 31.1. The number of nitrogens with zero attached hydrogens (tertiary/aromatic N) is 2. The van der Waals surface area contributed by atoms with Crippen molar-refractivity contribution in [3.63, 3.8) is 0 Å². The number of hydrogen-bond donors (Lipinski definition) is 5. The number of hydrogen-bond acceptors (Lipinski definition) is 7. The molecule has 2 atom stereocenters. The van der Waals surface area contributed by atoms with Gasteiger partial charge in [-0.1, -0.05) is 324 Å². The largest absolute Gasteiger partial charge is 0.392 e. The Hall–Kier alpha value is -1.26. The van der Waals surface area contributed by atoms with Crippen LogP contribution in [0.5, 0.6) is 0 Å². The zero-order valence-electron chi connectivity index (χ0n) is 57.5. The Bertz CT molecular complexity index is 1230. The van der Waals surface area contributed by atoms with Gasteiger partial charge in [-0.15, -0.1) is 0 Å². The van der Waals surface area contributed by atoms with Gasteiger partial charge in [-0.2, -0.15) is 0 Å². The summed E-state index contributed by atoms with van der Waals surface area (Å²) < 4.78 is 0. The van der Waals surface area contributed by atoms with E-state index in [4.69, 9.17) is 0 Å². The van der Waals surface area contributed by atoms with E-state index in [1.807, 2.05) is 6.92 Å². The van der Waals surface area contributed by atoms with Crippen LogP contribution in [0.3, 0.4) is 0 Å². The van der Waals surface area contributed by atoms with Crippen LogP contribution in [-0.4, -0.2) is 109 Å². The molecule has 0 aromatic heterocycles. The SMILES string of the molecule is CCCCCCCCCCCCCCNC(=O)CCC.CCCCCCCCCCCCCCNC(=O)CCNCC(O)CN(CCCCCCCCCCCCCC)CCCCN(CCCCCCCCCCCCCC)CC(O)CC. The molecule has 9 heteroatoms. The van der Waals surface area contributed by atoms with Gasteiger partial charge in [0.1, 0.15) is 0 Å². The zero-order chi connectivity index (χ0) is 60.8. The van der Waals surface area contributed by atoms with E-state index in [0.717, 1.165) is 84.3 Å². The second kappa shape index (κ2) is 73.2. The smallest absolute Gasteiger partial charge is 0.221 e. The maximum atomic E-state index is 12.5. The van der Waals surface area contributed by atoms with Crippen LogP contribution in [0.1, 0.15) is 388 Å². The van der Waals surface area contributed by atoms with Crippen molar-refractivity contribution in [1.82, 2.24) is 25.8 Å². The number of amides is 2. The number of aliphatic hydroxyl groups is 2. The van der Waals surface area contributed by atoms with Crippen molar-refractivity contribution >= 4 is 11.8 Å². The third-order valence-electron chi connectivity index (χ3n) is 17.4. The van der Waals surface area contributed by atoms with Crippen LogP contribution in [0.25, 0.3) is 0 Å². The van der Waals surface area contributed by atoms with Gasteiger partial charge in [-0.3, -0.25) is 9.59 Å². The van der Waals surface area contributed by atoms with Crippen LogP contribution in [0.4, 0.5) is 0 Å². The van der Waals surface area contributed by atoms with Crippen molar-refractivity contribution in [2.75, 3.05) is 65.4 Å².